The Bertz CT molecular complexity index is 829. The number of carbonyl (C=O) groups excluding carboxylic acids is 2. The number of benzene rings is 1. The highest BCUT2D eigenvalue weighted by Gasteiger charge is 2.09. The summed E-state index contributed by atoms with van der Waals surface area (Å²) in [4.78, 5) is 24.0. The van der Waals surface area contributed by atoms with Crippen molar-refractivity contribution >= 4 is 28.8 Å². The van der Waals surface area contributed by atoms with E-state index < -0.39 is 0 Å². The maximum atomic E-state index is 12.2. The lowest BCUT2D eigenvalue weighted by molar-refractivity contribution is -0.116. The van der Waals surface area contributed by atoms with Crippen molar-refractivity contribution < 1.29 is 9.59 Å². The molecular weight excluding hydrogens is 336 g/mol. The Hall–Kier alpha value is -2.93. The van der Waals surface area contributed by atoms with E-state index in [0.29, 0.717) is 18.7 Å². The van der Waals surface area contributed by atoms with Crippen LogP contribution >= 0.6 is 11.3 Å². The smallest absolute Gasteiger partial charge is 0.252 e. The number of anilines is 1. The Balaban J connectivity index is 1.52. The SMILES string of the molecule is O=C(CCNC(=O)c1ccsc1)Nc1ccccc1Cn1cccn1. The summed E-state index contributed by atoms with van der Waals surface area (Å²) < 4.78 is 1.80. The van der Waals surface area contributed by atoms with Crippen LogP contribution in [0.25, 0.3) is 0 Å². The first-order chi connectivity index (χ1) is 12.2. The molecule has 0 spiro atoms. The molecule has 2 N–H and O–H groups in total. The second-order valence-electron chi connectivity index (χ2n) is 5.43. The van der Waals surface area contributed by atoms with Gasteiger partial charge in [-0.15, -0.1) is 0 Å². The molecule has 0 radical (unpaired) electrons. The van der Waals surface area contributed by atoms with Crippen molar-refractivity contribution in [1.82, 2.24) is 15.1 Å². The second kappa shape index (κ2) is 8.25. The number of hydrogen-bond acceptors (Lipinski definition) is 4. The van der Waals surface area contributed by atoms with Crippen molar-refractivity contribution in [1.29, 1.82) is 0 Å². The van der Waals surface area contributed by atoms with Crippen LogP contribution in [0.3, 0.4) is 0 Å². The van der Waals surface area contributed by atoms with Crippen LogP contribution in [0.1, 0.15) is 22.3 Å². The molecule has 6 nitrogen and oxygen atoms in total. The minimum atomic E-state index is -0.159. The van der Waals surface area contributed by atoms with Crippen molar-refractivity contribution in [2.24, 2.45) is 0 Å². The van der Waals surface area contributed by atoms with E-state index in [1.54, 1.807) is 22.3 Å². The quantitative estimate of drug-likeness (QED) is 0.685. The molecule has 2 aromatic heterocycles. The number of hydrogen-bond donors (Lipinski definition) is 2. The molecule has 3 aromatic rings. The molecule has 25 heavy (non-hydrogen) atoms. The van der Waals surface area contributed by atoms with Gasteiger partial charge in [0.1, 0.15) is 0 Å². The summed E-state index contributed by atoms with van der Waals surface area (Å²) in [5, 5.41) is 13.5. The molecule has 0 aliphatic carbocycles. The van der Waals surface area contributed by atoms with E-state index in [9.17, 15) is 9.59 Å². The first-order valence-corrected chi connectivity index (χ1v) is 8.82. The topological polar surface area (TPSA) is 76.0 Å². The van der Waals surface area contributed by atoms with Crippen molar-refractivity contribution in [3.63, 3.8) is 0 Å². The van der Waals surface area contributed by atoms with Gasteiger partial charge in [-0.1, -0.05) is 18.2 Å². The largest absolute Gasteiger partial charge is 0.351 e. The minimum Gasteiger partial charge on any atom is -0.351 e. The van der Waals surface area contributed by atoms with Crippen LogP contribution in [0, 0.1) is 0 Å². The van der Waals surface area contributed by atoms with Gasteiger partial charge >= 0.3 is 0 Å². The van der Waals surface area contributed by atoms with Gasteiger partial charge in [-0.25, -0.2) is 0 Å². The first kappa shape index (κ1) is 16.9. The standard InChI is InChI=1S/C18H18N4O2S/c23-17(6-9-19-18(24)15-7-11-25-13-15)21-16-5-2-1-4-14(16)12-22-10-3-8-20-22/h1-5,7-8,10-11,13H,6,9,12H2,(H,19,24)(H,21,23). The number of para-hydroxylation sites is 1. The third-order valence-corrected chi connectivity index (χ3v) is 4.29. The van der Waals surface area contributed by atoms with Crippen LogP contribution in [-0.2, 0) is 11.3 Å². The Morgan fingerprint density at radius 3 is 2.80 bits per heavy atom. The lowest BCUT2D eigenvalue weighted by Crippen LogP contribution is -2.27. The summed E-state index contributed by atoms with van der Waals surface area (Å²) in [5.74, 6) is -0.299. The molecule has 2 amide bonds. The fourth-order valence-electron chi connectivity index (χ4n) is 2.35. The summed E-state index contributed by atoms with van der Waals surface area (Å²) in [7, 11) is 0. The maximum absolute atomic E-state index is 12.2. The lowest BCUT2D eigenvalue weighted by Gasteiger charge is -2.11. The molecule has 0 unspecified atom stereocenters. The van der Waals surface area contributed by atoms with Gasteiger partial charge in [0, 0.05) is 42.0 Å². The zero-order valence-electron chi connectivity index (χ0n) is 13.5. The lowest BCUT2D eigenvalue weighted by atomic mass is 10.1. The summed E-state index contributed by atoms with van der Waals surface area (Å²) in [6, 6.07) is 11.2. The number of amides is 2. The van der Waals surface area contributed by atoms with Crippen molar-refractivity contribution in [3.8, 4) is 0 Å². The molecule has 2 heterocycles. The first-order valence-electron chi connectivity index (χ1n) is 7.88. The number of aromatic nitrogens is 2. The van der Waals surface area contributed by atoms with E-state index >= 15 is 0 Å². The van der Waals surface area contributed by atoms with Crippen LogP contribution < -0.4 is 10.6 Å². The number of thiophene rings is 1. The second-order valence-corrected chi connectivity index (χ2v) is 6.21. The average molecular weight is 354 g/mol. The highest BCUT2D eigenvalue weighted by molar-refractivity contribution is 7.08. The molecule has 0 aliphatic heterocycles. The number of nitrogens with zero attached hydrogens (tertiary/aromatic N) is 2. The van der Waals surface area contributed by atoms with Gasteiger partial charge in [0.05, 0.1) is 6.54 Å². The van der Waals surface area contributed by atoms with Crippen LogP contribution in [-0.4, -0.2) is 28.1 Å². The molecule has 7 heteroatoms. The van der Waals surface area contributed by atoms with Crippen LogP contribution in [0.5, 0.6) is 0 Å². The Morgan fingerprint density at radius 1 is 1.16 bits per heavy atom. The van der Waals surface area contributed by atoms with Crippen LogP contribution in [0.2, 0.25) is 0 Å². The van der Waals surface area contributed by atoms with Crippen LogP contribution in [0.15, 0.2) is 59.6 Å². The zero-order valence-corrected chi connectivity index (χ0v) is 14.3. The van der Waals surface area contributed by atoms with Gasteiger partial charge in [0.25, 0.3) is 5.91 Å². The highest BCUT2D eigenvalue weighted by atomic mass is 32.1. The average Bonchev–Trinajstić information content (AvgIpc) is 3.30. The van der Waals surface area contributed by atoms with Gasteiger partial charge in [0.15, 0.2) is 0 Å². The summed E-state index contributed by atoms with van der Waals surface area (Å²) in [5.41, 5.74) is 2.35. The van der Waals surface area contributed by atoms with Crippen molar-refractivity contribution in [2.45, 2.75) is 13.0 Å². The molecule has 0 aliphatic rings. The summed E-state index contributed by atoms with van der Waals surface area (Å²) >= 11 is 1.47. The van der Waals surface area contributed by atoms with Crippen molar-refractivity contribution in [3.05, 3.63) is 70.7 Å². The van der Waals surface area contributed by atoms with Gasteiger partial charge in [-0.2, -0.15) is 16.4 Å². The minimum absolute atomic E-state index is 0.140. The third-order valence-electron chi connectivity index (χ3n) is 3.60. The Kier molecular flexibility index (Phi) is 5.58. The van der Waals surface area contributed by atoms with E-state index in [1.807, 2.05) is 41.9 Å². The van der Waals surface area contributed by atoms with E-state index in [0.717, 1.165) is 11.3 Å². The molecule has 0 saturated heterocycles. The zero-order chi connectivity index (χ0) is 17.5. The van der Waals surface area contributed by atoms with Gasteiger partial charge in [-0.05, 0) is 29.1 Å². The molecule has 3 rings (SSSR count). The Labute approximate surface area is 149 Å². The van der Waals surface area contributed by atoms with Crippen molar-refractivity contribution in [2.75, 3.05) is 11.9 Å². The van der Waals surface area contributed by atoms with Crippen LogP contribution in [0.4, 0.5) is 5.69 Å². The monoisotopic (exact) mass is 354 g/mol. The van der Waals surface area contributed by atoms with Gasteiger partial charge in [-0.3, -0.25) is 14.3 Å². The molecular formula is C18H18N4O2S. The fourth-order valence-corrected chi connectivity index (χ4v) is 2.98. The van der Waals surface area contributed by atoms with E-state index in [1.165, 1.54) is 11.3 Å². The summed E-state index contributed by atoms with van der Waals surface area (Å²) in [6.07, 6.45) is 3.81. The molecule has 0 bridgehead atoms. The van der Waals surface area contributed by atoms with E-state index in [2.05, 4.69) is 15.7 Å². The molecule has 128 valence electrons. The summed E-state index contributed by atoms with van der Waals surface area (Å²) in [6.45, 7) is 0.875. The maximum Gasteiger partial charge on any atom is 0.252 e. The number of rotatable bonds is 7. The third kappa shape index (κ3) is 4.77. The Morgan fingerprint density at radius 2 is 2.04 bits per heavy atom. The predicted molar refractivity (Wildman–Crippen MR) is 97.7 cm³/mol. The predicted octanol–water partition coefficient (Wildman–Crippen LogP) is 2.75. The number of nitrogens with one attached hydrogen (secondary N) is 2. The molecule has 1 aromatic carbocycles. The fraction of sp³-hybridized carbons (Fsp3) is 0.167. The van der Waals surface area contributed by atoms with E-state index in [4.69, 9.17) is 0 Å². The molecule has 0 saturated carbocycles. The normalized spacial score (nSPS) is 10.4. The molecule has 0 atom stereocenters. The molecule has 0 fully saturated rings. The highest BCUT2D eigenvalue weighted by Crippen LogP contribution is 2.16. The van der Waals surface area contributed by atoms with Gasteiger partial charge in [0.2, 0.25) is 5.91 Å². The van der Waals surface area contributed by atoms with Gasteiger partial charge < -0.3 is 10.6 Å². The van der Waals surface area contributed by atoms with E-state index in [-0.39, 0.29) is 18.2 Å². The number of carbonyl (C=O) groups is 2.